The first-order valence-electron chi connectivity index (χ1n) is 12.4. The maximum absolute atomic E-state index is 16.1. The highest BCUT2D eigenvalue weighted by Crippen LogP contribution is 2.45. The molecule has 2 atom stereocenters. The van der Waals surface area contributed by atoms with Crippen molar-refractivity contribution in [3.05, 3.63) is 48.1 Å². The van der Waals surface area contributed by atoms with Crippen LogP contribution in [0.25, 0.3) is 11.3 Å². The topological polar surface area (TPSA) is 95.4 Å². The van der Waals surface area contributed by atoms with Gasteiger partial charge in [0, 0.05) is 38.8 Å². The Hall–Kier alpha value is -3.73. The van der Waals surface area contributed by atoms with E-state index >= 15 is 4.39 Å². The Labute approximate surface area is 219 Å². The summed E-state index contributed by atoms with van der Waals surface area (Å²) in [5.41, 5.74) is -1.50. The summed E-state index contributed by atoms with van der Waals surface area (Å²) in [5, 5.41) is 10.5. The van der Waals surface area contributed by atoms with Crippen LogP contribution in [0.2, 0.25) is 0 Å². The molecule has 1 aromatic heterocycles. The van der Waals surface area contributed by atoms with Gasteiger partial charge in [0.25, 0.3) is 5.91 Å². The quantitative estimate of drug-likeness (QED) is 0.610. The van der Waals surface area contributed by atoms with Crippen molar-refractivity contribution < 1.29 is 33.0 Å². The summed E-state index contributed by atoms with van der Waals surface area (Å²) in [6.45, 7) is 8.39. The number of carbonyl (C=O) groups is 2. The van der Waals surface area contributed by atoms with E-state index in [4.69, 9.17) is 9.47 Å². The predicted octanol–water partition coefficient (Wildman–Crippen LogP) is 2.97. The number of halogens is 2. The second kappa shape index (κ2) is 9.54. The van der Waals surface area contributed by atoms with Gasteiger partial charge >= 0.3 is 0 Å². The molecule has 0 aliphatic carbocycles. The summed E-state index contributed by atoms with van der Waals surface area (Å²) in [6, 6.07) is 3.10. The number of phenolic OH excluding ortho intramolecular Hbond substituents is 1. The lowest BCUT2D eigenvalue weighted by molar-refractivity contribution is -0.128. The Morgan fingerprint density at radius 3 is 2.68 bits per heavy atom. The van der Waals surface area contributed by atoms with Crippen LogP contribution in [0, 0.1) is 11.6 Å². The first-order valence-corrected chi connectivity index (χ1v) is 12.4. The van der Waals surface area contributed by atoms with Crippen molar-refractivity contribution in [2.45, 2.75) is 38.0 Å². The standard InChI is InChI=1S/C27H30F2N4O5/c1-5-19(35)31-9-10-32-15(12-31)14-38-24-21(26(32)36)25(33-13-16(37-4)11-27(33,2)3)30-23(22(24)29)20-17(28)7-6-8-18(20)34/h5-8,15-16,34H,1,9-14H2,2-4H3/t15-,16?/m1/s1. The number of methoxy groups -OCH3 is 1. The third kappa shape index (κ3) is 4.14. The zero-order chi connectivity index (χ0) is 27.4. The molecular formula is C27H30F2N4O5. The average Bonchev–Trinajstić information content (AvgIpc) is 3.12. The van der Waals surface area contributed by atoms with Crippen molar-refractivity contribution in [3.63, 3.8) is 0 Å². The van der Waals surface area contributed by atoms with E-state index in [1.165, 1.54) is 18.2 Å². The van der Waals surface area contributed by atoms with Crippen LogP contribution >= 0.6 is 0 Å². The molecule has 11 heteroatoms. The monoisotopic (exact) mass is 528 g/mol. The van der Waals surface area contributed by atoms with Crippen LogP contribution in [-0.2, 0) is 9.53 Å². The van der Waals surface area contributed by atoms with Gasteiger partial charge in [-0.2, -0.15) is 0 Å². The van der Waals surface area contributed by atoms with Crippen molar-refractivity contribution in [3.8, 4) is 22.8 Å². The van der Waals surface area contributed by atoms with E-state index in [1.807, 2.05) is 18.7 Å². The number of pyridine rings is 1. The number of phenols is 1. The van der Waals surface area contributed by atoms with Gasteiger partial charge in [-0.25, -0.2) is 13.8 Å². The van der Waals surface area contributed by atoms with Crippen LogP contribution in [0.5, 0.6) is 11.5 Å². The number of hydrogen-bond donors (Lipinski definition) is 1. The minimum Gasteiger partial charge on any atom is -0.507 e. The SMILES string of the molecule is C=CC(=O)N1CCN2C(=O)c3c(N4CC(OC)CC4(C)C)nc(-c4c(O)cccc4F)c(F)c3OC[C@H]2C1. The van der Waals surface area contributed by atoms with Gasteiger partial charge in [-0.15, -0.1) is 0 Å². The second-order valence-corrected chi connectivity index (χ2v) is 10.4. The summed E-state index contributed by atoms with van der Waals surface area (Å²) in [6.07, 6.45) is 1.64. The molecule has 0 bridgehead atoms. The van der Waals surface area contributed by atoms with Crippen LogP contribution in [0.4, 0.5) is 14.6 Å². The highest BCUT2D eigenvalue weighted by atomic mass is 19.1. The predicted molar refractivity (Wildman–Crippen MR) is 135 cm³/mol. The number of aromatic hydroxyl groups is 1. The maximum atomic E-state index is 16.1. The third-order valence-electron chi connectivity index (χ3n) is 7.60. The fraction of sp³-hybridized carbons (Fsp3) is 0.444. The lowest BCUT2D eigenvalue weighted by Crippen LogP contribution is -2.57. The molecule has 2 amide bonds. The lowest BCUT2D eigenvalue weighted by Gasteiger charge is -2.40. The minimum atomic E-state index is -1.04. The number of aromatic nitrogens is 1. The van der Waals surface area contributed by atoms with E-state index in [0.717, 1.165) is 6.07 Å². The molecule has 2 saturated heterocycles. The number of anilines is 1. The van der Waals surface area contributed by atoms with E-state index < -0.39 is 46.1 Å². The molecule has 0 spiro atoms. The summed E-state index contributed by atoms with van der Waals surface area (Å²) in [5.74, 6) is -3.40. The lowest BCUT2D eigenvalue weighted by atomic mass is 9.99. The molecule has 1 aromatic carbocycles. The molecule has 2 fully saturated rings. The van der Waals surface area contributed by atoms with Gasteiger partial charge in [0.05, 0.1) is 17.7 Å². The first kappa shape index (κ1) is 25.9. The molecule has 3 aliphatic heterocycles. The van der Waals surface area contributed by atoms with Gasteiger partial charge in [-0.05, 0) is 38.5 Å². The number of rotatable bonds is 4. The van der Waals surface area contributed by atoms with Crippen molar-refractivity contribution in [1.82, 2.24) is 14.8 Å². The number of benzene rings is 1. The minimum absolute atomic E-state index is 0.0714. The third-order valence-corrected chi connectivity index (χ3v) is 7.60. The van der Waals surface area contributed by atoms with Crippen LogP contribution in [0.1, 0.15) is 30.6 Å². The van der Waals surface area contributed by atoms with E-state index in [2.05, 4.69) is 11.6 Å². The second-order valence-electron chi connectivity index (χ2n) is 10.4. The molecule has 202 valence electrons. The Morgan fingerprint density at radius 1 is 1.26 bits per heavy atom. The van der Waals surface area contributed by atoms with E-state index in [1.54, 1.807) is 16.9 Å². The number of fused-ring (bicyclic) bond motifs is 2. The van der Waals surface area contributed by atoms with E-state index in [9.17, 15) is 19.1 Å². The Bertz CT molecular complexity index is 1300. The summed E-state index contributed by atoms with van der Waals surface area (Å²) in [4.78, 5) is 35.7. The number of piperazine rings is 1. The number of amides is 2. The fourth-order valence-electron chi connectivity index (χ4n) is 5.60. The molecule has 1 unspecified atom stereocenters. The van der Waals surface area contributed by atoms with E-state index in [0.29, 0.717) is 13.0 Å². The van der Waals surface area contributed by atoms with Crippen molar-refractivity contribution in [2.24, 2.45) is 0 Å². The van der Waals surface area contributed by atoms with Gasteiger partial charge < -0.3 is 29.3 Å². The molecule has 5 rings (SSSR count). The van der Waals surface area contributed by atoms with Gasteiger partial charge in [-0.1, -0.05) is 12.6 Å². The van der Waals surface area contributed by atoms with Gasteiger partial charge in [-0.3, -0.25) is 9.59 Å². The molecule has 1 N–H and O–H groups in total. The first-order chi connectivity index (χ1) is 18.1. The van der Waals surface area contributed by atoms with Crippen LogP contribution in [-0.4, -0.2) is 89.3 Å². The highest BCUT2D eigenvalue weighted by Gasteiger charge is 2.46. The van der Waals surface area contributed by atoms with E-state index in [-0.39, 0.29) is 55.4 Å². The zero-order valence-corrected chi connectivity index (χ0v) is 21.5. The number of carbonyl (C=O) groups excluding carboxylic acids is 2. The Morgan fingerprint density at radius 2 is 2.03 bits per heavy atom. The summed E-state index contributed by atoms with van der Waals surface area (Å²) < 4.78 is 42.6. The number of nitrogens with zero attached hydrogens (tertiary/aromatic N) is 4. The Balaban J connectivity index is 1.70. The smallest absolute Gasteiger partial charge is 0.262 e. The summed E-state index contributed by atoms with van der Waals surface area (Å²) in [7, 11) is 1.59. The van der Waals surface area contributed by atoms with Crippen LogP contribution in [0.15, 0.2) is 30.9 Å². The molecule has 0 saturated carbocycles. The Kier molecular flexibility index (Phi) is 6.50. The summed E-state index contributed by atoms with van der Waals surface area (Å²) >= 11 is 0. The molecular weight excluding hydrogens is 498 g/mol. The largest absolute Gasteiger partial charge is 0.507 e. The number of hydrogen-bond acceptors (Lipinski definition) is 7. The molecule has 0 radical (unpaired) electrons. The van der Waals surface area contributed by atoms with Crippen molar-refractivity contribution in [2.75, 3.05) is 44.8 Å². The molecule has 4 heterocycles. The van der Waals surface area contributed by atoms with Gasteiger partial charge in [0.2, 0.25) is 5.91 Å². The molecule has 3 aliphatic rings. The highest BCUT2D eigenvalue weighted by molar-refractivity contribution is 6.03. The molecule has 2 aromatic rings. The van der Waals surface area contributed by atoms with Crippen LogP contribution < -0.4 is 9.64 Å². The van der Waals surface area contributed by atoms with Crippen molar-refractivity contribution in [1.29, 1.82) is 0 Å². The molecule has 9 nitrogen and oxygen atoms in total. The fourth-order valence-corrected chi connectivity index (χ4v) is 5.60. The zero-order valence-electron chi connectivity index (χ0n) is 21.5. The van der Waals surface area contributed by atoms with Gasteiger partial charge in [0.15, 0.2) is 11.6 Å². The maximum Gasteiger partial charge on any atom is 0.262 e. The normalized spacial score (nSPS) is 22.4. The number of ether oxygens (including phenoxy) is 2. The van der Waals surface area contributed by atoms with Gasteiger partial charge in [0.1, 0.15) is 35.2 Å². The van der Waals surface area contributed by atoms with Crippen LogP contribution in [0.3, 0.4) is 0 Å². The molecule has 38 heavy (non-hydrogen) atoms. The average molecular weight is 529 g/mol. The van der Waals surface area contributed by atoms with Crippen molar-refractivity contribution >= 4 is 17.6 Å².